The summed E-state index contributed by atoms with van der Waals surface area (Å²) in [4.78, 5) is 33.3. The minimum atomic E-state index is -0.117. The first kappa shape index (κ1) is 18.7. The second-order valence-electron chi connectivity index (χ2n) is 7.95. The minimum absolute atomic E-state index is 0.0751. The van der Waals surface area contributed by atoms with Gasteiger partial charge in [0.2, 0.25) is 5.91 Å². The number of aromatic nitrogens is 4. The summed E-state index contributed by atoms with van der Waals surface area (Å²) >= 11 is 0. The van der Waals surface area contributed by atoms with Crippen molar-refractivity contribution in [2.75, 3.05) is 5.32 Å². The van der Waals surface area contributed by atoms with E-state index >= 15 is 0 Å². The van der Waals surface area contributed by atoms with Crippen molar-refractivity contribution in [1.29, 1.82) is 0 Å². The molecule has 0 aliphatic heterocycles. The molecule has 1 saturated carbocycles. The Kier molecular flexibility index (Phi) is 4.65. The summed E-state index contributed by atoms with van der Waals surface area (Å²) < 4.78 is 3.42. The molecule has 1 aliphatic carbocycles. The van der Waals surface area contributed by atoms with Crippen LogP contribution in [0, 0.1) is 0 Å². The van der Waals surface area contributed by atoms with Gasteiger partial charge in [-0.05, 0) is 50.1 Å². The number of para-hydroxylation sites is 2. The lowest BCUT2D eigenvalue weighted by molar-refractivity contribution is -0.116. The zero-order valence-electron chi connectivity index (χ0n) is 17.0. The molecule has 0 bridgehead atoms. The number of rotatable bonds is 6. The molecule has 7 nitrogen and oxygen atoms in total. The third-order valence-corrected chi connectivity index (χ3v) is 6.08. The van der Waals surface area contributed by atoms with Crippen molar-refractivity contribution < 1.29 is 4.79 Å². The lowest BCUT2D eigenvalue weighted by Crippen LogP contribution is -2.25. The molecule has 0 saturated heterocycles. The predicted octanol–water partition coefficient (Wildman–Crippen LogP) is 4.00. The maximum atomic E-state index is 12.7. The summed E-state index contributed by atoms with van der Waals surface area (Å²) in [6, 6.07) is 13.4. The molecular formula is C23H25N5O2. The van der Waals surface area contributed by atoms with E-state index in [0.29, 0.717) is 19.0 Å². The van der Waals surface area contributed by atoms with E-state index in [2.05, 4.69) is 15.3 Å². The van der Waals surface area contributed by atoms with Gasteiger partial charge in [0, 0.05) is 31.1 Å². The van der Waals surface area contributed by atoms with E-state index in [0.717, 1.165) is 33.6 Å². The molecule has 4 aromatic rings. The van der Waals surface area contributed by atoms with Crippen molar-refractivity contribution >= 4 is 33.7 Å². The molecule has 2 aromatic carbocycles. The van der Waals surface area contributed by atoms with Crippen LogP contribution < -0.4 is 11.0 Å². The van der Waals surface area contributed by atoms with Crippen molar-refractivity contribution in [1.82, 2.24) is 19.1 Å². The number of hydrogen-bond donors (Lipinski definition) is 2. The zero-order chi connectivity index (χ0) is 20.7. The molecule has 7 heteroatoms. The highest BCUT2D eigenvalue weighted by Gasteiger charge is 2.22. The Hall–Kier alpha value is -3.35. The number of anilines is 1. The van der Waals surface area contributed by atoms with E-state index in [-0.39, 0.29) is 18.0 Å². The van der Waals surface area contributed by atoms with Crippen molar-refractivity contribution in [3.63, 3.8) is 0 Å². The van der Waals surface area contributed by atoms with Crippen LogP contribution in [0.3, 0.4) is 0 Å². The van der Waals surface area contributed by atoms with E-state index in [1.165, 1.54) is 19.3 Å². The Labute approximate surface area is 173 Å². The quantitative estimate of drug-likeness (QED) is 0.510. The fraction of sp³-hybridized carbons (Fsp3) is 0.348. The Morgan fingerprint density at radius 2 is 1.93 bits per heavy atom. The van der Waals surface area contributed by atoms with Gasteiger partial charge < -0.3 is 10.3 Å². The Morgan fingerprint density at radius 1 is 1.17 bits per heavy atom. The monoisotopic (exact) mass is 403 g/mol. The van der Waals surface area contributed by atoms with Crippen LogP contribution in [-0.4, -0.2) is 25.0 Å². The molecule has 0 atom stereocenters. The van der Waals surface area contributed by atoms with Gasteiger partial charge in [0.05, 0.1) is 22.1 Å². The van der Waals surface area contributed by atoms with Gasteiger partial charge in [0.15, 0.2) is 0 Å². The average Bonchev–Trinajstić information content (AvgIpc) is 3.22. The topological polar surface area (TPSA) is 84.7 Å². The lowest BCUT2D eigenvalue weighted by atomic mass is 9.85. The number of aromatic amines is 1. The molecule has 5 rings (SSSR count). The van der Waals surface area contributed by atoms with E-state index in [9.17, 15) is 9.59 Å². The Bertz CT molecular complexity index is 1290. The number of benzene rings is 2. The van der Waals surface area contributed by atoms with Crippen LogP contribution in [0.2, 0.25) is 0 Å². The summed E-state index contributed by atoms with van der Waals surface area (Å²) in [5.41, 5.74) is 4.29. The van der Waals surface area contributed by atoms with Crippen molar-refractivity contribution in [2.24, 2.45) is 0 Å². The van der Waals surface area contributed by atoms with Crippen LogP contribution >= 0.6 is 0 Å². The normalized spacial score (nSPS) is 14.3. The molecule has 154 valence electrons. The van der Waals surface area contributed by atoms with Gasteiger partial charge in [-0.1, -0.05) is 18.6 Å². The highest BCUT2D eigenvalue weighted by atomic mass is 16.2. The highest BCUT2D eigenvalue weighted by Crippen LogP contribution is 2.35. The molecule has 2 heterocycles. The number of hydrogen-bond acceptors (Lipinski definition) is 3. The van der Waals surface area contributed by atoms with E-state index in [4.69, 9.17) is 0 Å². The highest BCUT2D eigenvalue weighted by molar-refractivity contribution is 5.93. The van der Waals surface area contributed by atoms with Gasteiger partial charge in [-0.3, -0.25) is 13.9 Å². The summed E-state index contributed by atoms with van der Waals surface area (Å²) in [5.74, 6) is 1.47. The first-order chi connectivity index (χ1) is 14.6. The van der Waals surface area contributed by atoms with Gasteiger partial charge in [-0.25, -0.2) is 9.78 Å². The van der Waals surface area contributed by atoms with Gasteiger partial charge in [-0.2, -0.15) is 0 Å². The molecule has 2 aromatic heterocycles. The van der Waals surface area contributed by atoms with E-state index in [1.54, 1.807) is 9.13 Å². The van der Waals surface area contributed by atoms with Crippen LogP contribution in [0.25, 0.3) is 22.1 Å². The van der Waals surface area contributed by atoms with Gasteiger partial charge in [0.25, 0.3) is 0 Å². The molecule has 0 unspecified atom stereocenters. The summed E-state index contributed by atoms with van der Waals surface area (Å²) in [5, 5.41) is 2.95. The summed E-state index contributed by atoms with van der Waals surface area (Å²) in [7, 11) is 0. The minimum Gasteiger partial charge on any atom is -0.342 e. The number of imidazole rings is 2. The Morgan fingerprint density at radius 3 is 2.63 bits per heavy atom. The second-order valence-corrected chi connectivity index (χ2v) is 7.95. The van der Waals surface area contributed by atoms with E-state index < -0.39 is 0 Å². The second kappa shape index (κ2) is 7.48. The number of amides is 1. The molecular weight excluding hydrogens is 378 g/mol. The standard InChI is InChI=1S/C23H25N5O2/c1-2-27-19-8-3-4-9-20(19)28(23(27)30)13-12-21(29)24-16-10-11-17-18(14-16)26-22(25-17)15-6-5-7-15/h3-4,8-11,14-15H,2,5-7,12-13H2,1H3,(H,24,29)(H,25,26). The van der Waals surface area contributed by atoms with E-state index in [1.807, 2.05) is 49.4 Å². The summed E-state index contributed by atoms with van der Waals surface area (Å²) in [6.45, 7) is 2.90. The van der Waals surface area contributed by atoms with Crippen LogP contribution in [0.5, 0.6) is 0 Å². The predicted molar refractivity (Wildman–Crippen MR) is 118 cm³/mol. The van der Waals surface area contributed by atoms with Crippen LogP contribution in [0.4, 0.5) is 5.69 Å². The smallest absolute Gasteiger partial charge is 0.329 e. The van der Waals surface area contributed by atoms with Crippen LogP contribution in [-0.2, 0) is 17.9 Å². The van der Waals surface area contributed by atoms with Crippen LogP contribution in [0.15, 0.2) is 47.3 Å². The fourth-order valence-corrected chi connectivity index (χ4v) is 4.21. The number of fused-ring (bicyclic) bond motifs is 2. The molecule has 1 fully saturated rings. The number of nitrogens with zero attached hydrogens (tertiary/aromatic N) is 3. The number of nitrogens with one attached hydrogen (secondary N) is 2. The summed E-state index contributed by atoms with van der Waals surface area (Å²) in [6.07, 6.45) is 3.88. The van der Waals surface area contributed by atoms with Gasteiger partial charge >= 0.3 is 5.69 Å². The Balaban J connectivity index is 1.30. The SMILES string of the molecule is CCn1c(=O)n(CCC(=O)Nc2ccc3nc(C4CCC4)[nH]c3c2)c2ccccc21. The third kappa shape index (κ3) is 3.20. The van der Waals surface area contributed by atoms with Crippen LogP contribution in [0.1, 0.15) is 44.3 Å². The van der Waals surface area contributed by atoms with Crippen molar-refractivity contribution in [3.05, 3.63) is 58.8 Å². The van der Waals surface area contributed by atoms with Crippen molar-refractivity contribution in [3.8, 4) is 0 Å². The maximum absolute atomic E-state index is 12.7. The number of carbonyl (C=O) groups is 1. The first-order valence-electron chi connectivity index (χ1n) is 10.6. The zero-order valence-corrected chi connectivity index (χ0v) is 17.0. The number of H-pyrrole nitrogens is 1. The molecule has 0 spiro atoms. The maximum Gasteiger partial charge on any atom is 0.329 e. The number of carbonyl (C=O) groups excluding carboxylic acids is 1. The fourth-order valence-electron chi connectivity index (χ4n) is 4.21. The largest absolute Gasteiger partial charge is 0.342 e. The van der Waals surface area contributed by atoms with Gasteiger partial charge in [-0.15, -0.1) is 0 Å². The molecule has 1 amide bonds. The molecule has 0 radical (unpaired) electrons. The lowest BCUT2D eigenvalue weighted by Gasteiger charge is -2.22. The first-order valence-corrected chi connectivity index (χ1v) is 10.6. The third-order valence-electron chi connectivity index (χ3n) is 6.08. The van der Waals surface area contributed by atoms with Crippen molar-refractivity contribution in [2.45, 2.75) is 51.6 Å². The van der Waals surface area contributed by atoms with Gasteiger partial charge in [0.1, 0.15) is 5.82 Å². The molecule has 1 aliphatic rings. The number of aryl methyl sites for hydroxylation is 2. The average molecular weight is 403 g/mol. The molecule has 30 heavy (non-hydrogen) atoms. The molecule has 2 N–H and O–H groups in total.